The maximum absolute atomic E-state index is 13.1. The van der Waals surface area contributed by atoms with Crippen LogP contribution in [0.25, 0.3) is 0 Å². The van der Waals surface area contributed by atoms with Gasteiger partial charge in [-0.1, -0.05) is 13.0 Å². The number of benzene rings is 1. The van der Waals surface area contributed by atoms with Gasteiger partial charge < -0.3 is 25.4 Å². The van der Waals surface area contributed by atoms with Gasteiger partial charge >= 0.3 is 5.97 Å². The molecule has 2 saturated carbocycles. The Balaban J connectivity index is 1.36. The lowest BCUT2D eigenvalue weighted by Crippen LogP contribution is -2.56. The molecule has 6 rings (SSSR count). The number of carboxylic acid groups (broad SMARTS) is 1. The van der Waals surface area contributed by atoms with Crippen molar-refractivity contribution in [1.29, 1.82) is 0 Å². The molecule has 3 unspecified atom stereocenters. The van der Waals surface area contributed by atoms with E-state index in [1.54, 1.807) is 6.08 Å². The number of phenolic OH excluding ortho intramolecular Hbond substituents is 1. The van der Waals surface area contributed by atoms with Gasteiger partial charge in [0.25, 0.3) is 0 Å². The van der Waals surface area contributed by atoms with Crippen LogP contribution in [0.4, 0.5) is 5.69 Å². The molecule has 2 heterocycles. The highest BCUT2D eigenvalue weighted by Crippen LogP contribution is 2.71. The van der Waals surface area contributed by atoms with E-state index >= 15 is 0 Å². The molecule has 4 bridgehead atoms. The van der Waals surface area contributed by atoms with Crippen molar-refractivity contribution in [2.45, 2.75) is 57.7 Å². The van der Waals surface area contributed by atoms with Crippen LogP contribution < -0.4 is 5.32 Å². The third kappa shape index (κ3) is 2.75. The smallest absolute Gasteiger partial charge is 0.339 e. The van der Waals surface area contributed by atoms with Crippen molar-refractivity contribution in [2.24, 2.45) is 22.7 Å². The highest BCUT2D eigenvalue weighted by atomic mass is 16.5. The number of allylic oxidation sites excluding steroid dienone is 2. The summed E-state index contributed by atoms with van der Waals surface area (Å²) < 4.78 is 6.41. The zero-order chi connectivity index (χ0) is 23.1. The molecule has 0 radical (unpaired) electrons. The van der Waals surface area contributed by atoms with E-state index in [1.165, 1.54) is 0 Å². The number of hydrogen-bond acceptors (Lipinski definition) is 6. The molecule has 170 valence electrons. The Kier molecular flexibility index (Phi) is 4.31. The quantitative estimate of drug-likeness (QED) is 0.516. The van der Waals surface area contributed by atoms with Gasteiger partial charge in [-0.05, 0) is 62.1 Å². The van der Waals surface area contributed by atoms with Gasteiger partial charge in [0.1, 0.15) is 17.0 Å². The van der Waals surface area contributed by atoms with E-state index in [0.717, 1.165) is 31.4 Å². The Morgan fingerprint density at radius 2 is 2.00 bits per heavy atom. The van der Waals surface area contributed by atoms with Gasteiger partial charge in [-0.2, -0.15) is 0 Å². The lowest BCUT2D eigenvalue weighted by atomic mass is 9.51. The molecule has 1 aromatic rings. The second-order valence-corrected chi connectivity index (χ2v) is 10.3. The highest BCUT2D eigenvalue weighted by molar-refractivity contribution is 6.00. The summed E-state index contributed by atoms with van der Waals surface area (Å²) in [6.45, 7) is 4.08. The van der Waals surface area contributed by atoms with Crippen LogP contribution in [0.1, 0.15) is 56.3 Å². The van der Waals surface area contributed by atoms with Crippen LogP contribution in [0.3, 0.4) is 0 Å². The average Bonchev–Trinajstić information content (AvgIpc) is 3.08. The Morgan fingerprint density at radius 1 is 1.25 bits per heavy atom. The molecule has 8 heteroatoms. The van der Waals surface area contributed by atoms with Crippen molar-refractivity contribution in [3.05, 3.63) is 29.8 Å². The number of carbonyl (C=O) groups is 3. The van der Waals surface area contributed by atoms with E-state index in [0.29, 0.717) is 5.92 Å². The van der Waals surface area contributed by atoms with Crippen LogP contribution in [0.2, 0.25) is 0 Å². The van der Waals surface area contributed by atoms with Gasteiger partial charge in [-0.3, -0.25) is 9.59 Å². The molecule has 2 saturated heterocycles. The molecule has 1 aromatic carbocycles. The van der Waals surface area contributed by atoms with Crippen LogP contribution in [0, 0.1) is 22.7 Å². The molecule has 0 aromatic heterocycles. The molecule has 2 aliphatic heterocycles. The fraction of sp³-hybridized carbons (Fsp3) is 0.542. The number of carboxylic acids is 1. The first-order valence-electron chi connectivity index (χ1n) is 11.0. The molecule has 1 amide bonds. The van der Waals surface area contributed by atoms with E-state index in [4.69, 9.17) is 9.84 Å². The van der Waals surface area contributed by atoms with Crippen LogP contribution in [0.5, 0.6) is 11.5 Å². The van der Waals surface area contributed by atoms with E-state index in [9.17, 15) is 24.6 Å². The Bertz CT molecular complexity index is 1080. The molecule has 8 nitrogen and oxygen atoms in total. The second-order valence-electron chi connectivity index (χ2n) is 10.3. The number of carbonyl (C=O) groups excluding carboxylic acids is 2. The van der Waals surface area contributed by atoms with Gasteiger partial charge in [0.15, 0.2) is 11.5 Å². The summed E-state index contributed by atoms with van der Waals surface area (Å²) >= 11 is 0. The van der Waals surface area contributed by atoms with Gasteiger partial charge in [0, 0.05) is 17.8 Å². The Labute approximate surface area is 185 Å². The molecule has 4 N–H and O–H groups in total. The molecular weight excluding hydrogens is 414 g/mol. The van der Waals surface area contributed by atoms with E-state index < -0.39 is 34.4 Å². The van der Waals surface area contributed by atoms with E-state index in [2.05, 4.69) is 18.3 Å². The number of rotatable bonds is 5. The Hall–Kier alpha value is -2.87. The zero-order valence-corrected chi connectivity index (χ0v) is 18.1. The third-order valence-electron chi connectivity index (χ3n) is 8.44. The standard InChI is InChI=1S/C24H27NO7/c1-22(7-6-17(28)25-18-14(26)4-3-13(19(18)29)21(30)31)16(27)5-8-24-10-12-9-15(20(22)24)32-23(12,2)11-24/h3-5,8,12,15,20,26,29H,6-7,9-11H2,1-2H3,(H,25,28)(H,30,31)/t12?,15-,20?,22?,23-,24-/m1/s1. The van der Waals surface area contributed by atoms with Crippen molar-refractivity contribution < 1.29 is 34.4 Å². The third-order valence-corrected chi connectivity index (χ3v) is 8.44. The average molecular weight is 441 g/mol. The first-order chi connectivity index (χ1) is 15.0. The fourth-order valence-electron chi connectivity index (χ4n) is 7.09. The van der Waals surface area contributed by atoms with Crippen LogP contribution >= 0.6 is 0 Å². The van der Waals surface area contributed by atoms with Gasteiger partial charge in [-0.15, -0.1) is 0 Å². The highest BCUT2D eigenvalue weighted by Gasteiger charge is 2.71. The zero-order valence-electron chi connectivity index (χ0n) is 18.1. The monoisotopic (exact) mass is 441 g/mol. The maximum atomic E-state index is 13.1. The van der Waals surface area contributed by atoms with Crippen LogP contribution in [-0.4, -0.2) is 44.7 Å². The summed E-state index contributed by atoms with van der Waals surface area (Å²) in [5.41, 5.74) is -1.75. The molecule has 1 spiro atoms. The van der Waals surface area contributed by atoms with E-state index in [1.807, 2.05) is 6.92 Å². The van der Waals surface area contributed by atoms with Gasteiger partial charge in [-0.25, -0.2) is 4.79 Å². The molecule has 32 heavy (non-hydrogen) atoms. The number of phenols is 2. The van der Waals surface area contributed by atoms with E-state index in [-0.39, 0.29) is 47.4 Å². The molecule has 5 aliphatic rings. The SMILES string of the molecule is CC1(CCC(=O)Nc2c(O)ccc(C(=O)O)c2O)C(=O)C=C[C@@]23CC4C[C@@H](O[C@]4(C)C2)C13. The minimum atomic E-state index is -1.38. The number of aromatic carboxylic acids is 1. The van der Waals surface area contributed by atoms with Crippen LogP contribution in [0.15, 0.2) is 24.3 Å². The van der Waals surface area contributed by atoms with Crippen molar-refractivity contribution in [1.82, 2.24) is 0 Å². The molecule has 6 atom stereocenters. The number of hydrogen-bond donors (Lipinski definition) is 4. The number of aromatic hydroxyl groups is 2. The number of ketones is 1. The molecular formula is C24H27NO7. The summed E-state index contributed by atoms with van der Waals surface area (Å²) in [6, 6.07) is 2.16. The molecule has 4 fully saturated rings. The number of anilines is 1. The predicted molar refractivity (Wildman–Crippen MR) is 113 cm³/mol. The van der Waals surface area contributed by atoms with Crippen molar-refractivity contribution in [3.63, 3.8) is 0 Å². The van der Waals surface area contributed by atoms with Gasteiger partial charge in [0.2, 0.25) is 5.91 Å². The number of ether oxygens (including phenoxy) is 1. The lowest BCUT2D eigenvalue weighted by molar-refractivity contribution is -0.169. The minimum absolute atomic E-state index is 0.00395. The van der Waals surface area contributed by atoms with Crippen molar-refractivity contribution >= 4 is 23.3 Å². The largest absolute Gasteiger partial charge is 0.506 e. The second kappa shape index (κ2) is 6.57. The summed E-state index contributed by atoms with van der Waals surface area (Å²) in [5, 5.41) is 31.7. The van der Waals surface area contributed by atoms with Crippen molar-refractivity contribution in [3.8, 4) is 11.5 Å². The molecule has 3 aliphatic carbocycles. The first-order valence-corrected chi connectivity index (χ1v) is 11.0. The number of nitrogens with one attached hydrogen (secondary N) is 1. The number of amides is 1. The summed E-state index contributed by atoms with van der Waals surface area (Å²) in [5.74, 6) is -2.55. The normalized spacial score (nSPS) is 38.7. The summed E-state index contributed by atoms with van der Waals surface area (Å²) in [6.07, 6.45) is 6.86. The summed E-state index contributed by atoms with van der Waals surface area (Å²) in [4.78, 5) is 37.0. The predicted octanol–water partition coefficient (Wildman–Crippen LogP) is 3.23. The van der Waals surface area contributed by atoms with Crippen molar-refractivity contribution in [2.75, 3.05) is 5.32 Å². The Morgan fingerprint density at radius 3 is 2.69 bits per heavy atom. The lowest BCUT2D eigenvalue weighted by Gasteiger charge is -2.55. The maximum Gasteiger partial charge on any atom is 0.339 e. The topological polar surface area (TPSA) is 133 Å². The summed E-state index contributed by atoms with van der Waals surface area (Å²) in [7, 11) is 0. The first kappa shape index (κ1) is 21.0. The van der Waals surface area contributed by atoms with Crippen LogP contribution in [-0.2, 0) is 14.3 Å². The fourth-order valence-corrected chi connectivity index (χ4v) is 7.09. The van der Waals surface area contributed by atoms with Gasteiger partial charge in [0.05, 0.1) is 11.7 Å². The minimum Gasteiger partial charge on any atom is -0.506 e.